The Balaban J connectivity index is 1.47. The normalized spacial score (nSPS) is 16.3. The standard InChI is InChI=1S/C20H21ClN2O3/c21-16-7-3-14(4-8-16)11-12-22-19(24)15-5-9-17(10-6-15)23-20(25)18-2-1-13-26-18/h3-10,18H,1-2,11-13H2,(H,22,24)(H,23,25)/t18-/m1/s1. The Morgan fingerprint density at radius 2 is 1.81 bits per heavy atom. The second-order valence-electron chi connectivity index (χ2n) is 6.20. The lowest BCUT2D eigenvalue weighted by Gasteiger charge is -2.11. The Bertz CT molecular complexity index is 754. The molecule has 1 atom stereocenters. The summed E-state index contributed by atoms with van der Waals surface area (Å²) in [5.74, 6) is -0.279. The van der Waals surface area contributed by atoms with E-state index in [1.165, 1.54) is 0 Å². The van der Waals surface area contributed by atoms with Crippen molar-refractivity contribution >= 4 is 29.1 Å². The monoisotopic (exact) mass is 372 g/mol. The molecule has 0 radical (unpaired) electrons. The van der Waals surface area contributed by atoms with Crippen molar-refractivity contribution in [2.24, 2.45) is 0 Å². The second kappa shape index (κ2) is 8.83. The van der Waals surface area contributed by atoms with Gasteiger partial charge in [-0.05, 0) is 61.2 Å². The molecule has 26 heavy (non-hydrogen) atoms. The van der Waals surface area contributed by atoms with Crippen molar-refractivity contribution in [2.75, 3.05) is 18.5 Å². The smallest absolute Gasteiger partial charge is 0.253 e. The Labute approximate surface area is 157 Å². The minimum atomic E-state index is -0.370. The largest absolute Gasteiger partial charge is 0.368 e. The molecule has 3 rings (SSSR count). The third-order valence-electron chi connectivity index (χ3n) is 4.25. The minimum absolute atomic E-state index is 0.136. The lowest BCUT2D eigenvalue weighted by Crippen LogP contribution is -2.27. The number of ether oxygens (including phenoxy) is 1. The van der Waals surface area contributed by atoms with Gasteiger partial charge in [-0.2, -0.15) is 0 Å². The third kappa shape index (κ3) is 5.07. The van der Waals surface area contributed by atoms with Crippen LogP contribution in [0.5, 0.6) is 0 Å². The zero-order valence-electron chi connectivity index (χ0n) is 14.3. The number of carbonyl (C=O) groups excluding carboxylic acids is 2. The molecule has 2 aromatic carbocycles. The van der Waals surface area contributed by atoms with E-state index in [4.69, 9.17) is 16.3 Å². The maximum absolute atomic E-state index is 12.2. The summed E-state index contributed by atoms with van der Waals surface area (Å²) in [6, 6.07) is 14.4. The van der Waals surface area contributed by atoms with Crippen LogP contribution in [0.15, 0.2) is 48.5 Å². The zero-order valence-corrected chi connectivity index (χ0v) is 15.1. The van der Waals surface area contributed by atoms with E-state index in [0.717, 1.165) is 24.8 Å². The molecule has 2 amide bonds. The molecule has 2 aromatic rings. The molecule has 1 aliphatic heterocycles. The first-order chi connectivity index (χ1) is 12.6. The summed E-state index contributed by atoms with van der Waals surface area (Å²) in [4.78, 5) is 24.2. The fourth-order valence-corrected chi connectivity index (χ4v) is 2.91. The summed E-state index contributed by atoms with van der Waals surface area (Å²) in [6.07, 6.45) is 2.02. The molecule has 0 saturated carbocycles. The molecule has 0 bridgehead atoms. The Kier molecular flexibility index (Phi) is 6.26. The van der Waals surface area contributed by atoms with Crippen LogP contribution in [0.1, 0.15) is 28.8 Å². The molecule has 0 aromatic heterocycles. The quantitative estimate of drug-likeness (QED) is 0.816. The lowest BCUT2D eigenvalue weighted by molar-refractivity contribution is -0.124. The summed E-state index contributed by atoms with van der Waals surface area (Å²) in [5, 5.41) is 6.40. The molecule has 1 heterocycles. The van der Waals surface area contributed by atoms with E-state index in [1.807, 2.05) is 24.3 Å². The predicted octanol–water partition coefficient (Wildman–Crippen LogP) is 3.43. The van der Waals surface area contributed by atoms with Crippen molar-refractivity contribution in [1.82, 2.24) is 5.32 Å². The van der Waals surface area contributed by atoms with Gasteiger partial charge in [0.25, 0.3) is 11.8 Å². The van der Waals surface area contributed by atoms with E-state index in [1.54, 1.807) is 24.3 Å². The van der Waals surface area contributed by atoms with Gasteiger partial charge in [-0.15, -0.1) is 0 Å². The van der Waals surface area contributed by atoms with Crippen molar-refractivity contribution in [3.8, 4) is 0 Å². The summed E-state index contributed by atoms with van der Waals surface area (Å²) in [5.41, 5.74) is 2.32. The number of benzene rings is 2. The third-order valence-corrected chi connectivity index (χ3v) is 4.50. The zero-order chi connectivity index (χ0) is 18.4. The fourth-order valence-electron chi connectivity index (χ4n) is 2.79. The van der Waals surface area contributed by atoms with Gasteiger partial charge < -0.3 is 15.4 Å². The van der Waals surface area contributed by atoms with Gasteiger partial charge in [-0.3, -0.25) is 9.59 Å². The van der Waals surface area contributed by atoms with Gasteiger partial charge in [-0.25, -0.2) is 0 Å². The number of rotatable bonds is 6. The Morgan fingerprint density at radius 3 is 2.46 bits per heavy atom. The molecule has 0 spiro atoms. The van der Waals surface area contributed by atoms with Gasteiger partial charge in [0.05, 0.1) is 0 Å². The fraction of sp³-hybridized carbons (Fsp3) is 0.300. The highest BCUT2D eigenvalue weighted by Gasteiger charge is 2.23. The van der Waals surface area contributed by atoms with Crippen LogP contribution in [0.25, 0.3) is 0 Å². The predicted molar refractivity (Wildman–Crippen MR) is 102 cm³/mol. The average molecular weight is 373 g/mol. The van der Waals surface area contributed by atoms with Crippen LogP contribution in [-0.2, 0) is 16.0 Å². The van der Waals surface area contributed by atoms with Crippen LogP contribution in [0.4, 0.5) is 5.69 Å². The van der Waals surface area contributed by atoms with Crippen molar-refractivity contribution in [2.45, 2.75) is 25.4 Å². The molecule has 5 nitrogen and oxygen atoms in total. The van der Waals surface area contributed by atoms with Gasteiger partial charge >= 0.3 is 0 Å². The maximum Gasteiger partial charge on any atom is 0.253 e. The molecule has 2 N–H and O–H groups in total. The van der Waals surface area contributed by atoms with E-state index in [2.05, 4.69) is 10.6 Å². The first-order valence-corrected chi connectivity index (χ1v) is 9.05. The molecule has 0 aliphatic carbocycles. The van der Waals surface area contributed by atoms with Crippen LogP contribution in [0.3, 0.4) is 0 Å². The number of amides is 2. The van der Waals surface area contributed by atoms with Crippen molar-refractivity contribution in [3.05, 3.63) is 64.7 Å². The van der Waals surface area contributed by atoms with Gasteiger partial charge in [0, 0.05) is 29.4 Å². The van der Waals surface area contributed by atoms with Gasteiger partial charge in [0.1, 0.15) is 6.10 Å². The molecule has 1 saturated heterocycles. The molecule has 136 valence electrons. The number of hydrogen-bond donors (Lipinski definition) is 2. The first kappa shape index (κ1) is 18.4. The maximum atomic E-state index is 12.2. The van der Waals surface area contributed by atoms with Crippen LogP contribution in [-0.4, -0.2) is 31.1 Å². The number of carbonyl (C=O) groups is 2. The molecular weight excluding hydrogens is 352 g/mol. The van der Waals surface area contributed by atoms with E-state index < -0.39 is 0 Å². The van der Waals surface area contributed by atoms with E-state index in [0.29, 0.717) is 29.4 Å². The summed E-state index contributed by atoms with van der Waals surface area (Å²) >= 11 is 5.85. The average Bonchev–Trinajstić information content (AvgIpc) is 3.19. The van der Waals surface area contributed by atoms with E-state index in [9.17, 15) is 9.59 Å². The van der Waals surface area contributed by atoms with Crippen LogP contribution < -0.4 is 10.6 Å². The summed E-state index contributed by atoms with van der Waals surface area (Å²) in [6.45, 7) is 1.17. The highest BCUT2D eigenvalue weighted by atomic mass is 35.5. The number of anilines is 1. The lowest BCUT2D eigenvalue weighted by atomic mass is 10.1. The highest BCUT2D eigenvalue weighted by molar-refractivity contribution is 6.30. The molecule has 1 fully saturated rings. The van der Waals surface area contributed by atoms with E-state index >= 15 is 0 Å². The van der Waals surface area contributed by atoms with Gasteiger partial charge in [0.2, 0.25) is 0 Å². The Hall–Kier alpha value is -2.37. The van der Waals surface area contributed by atoms with Crippen LogP contribution in [0.2, 0.25) is 5.02 Å². The molecule has 6 heteroatoms. The summed E-state index contributed by atoms with van der Waals surface area (Å²) in [7, 11) is 0. The van der Waals surface area contributed by atoms with Crippen LogP contribution >= 0.6 is 11.6 Å². The number of halogens is 1. The molecular formula is C20H21ClN2O3. The summed E-state index contributed by atoms with van der Waals surface area (Å²) < 4.78 is 5.35. The number of nitrogens with one attached hydrogen (secondary N) is 2. The minimum Gasteiger partial charge on any atom is -0.368 e. The Morgan fingerprint density at radius 1 is 1.08 bits per heavy atom. The van der Waals surface area contributed by atoms with Crippen LogP contribution in [0, 0.1) is 0 Å². The van der Waals surface area contributed by atoms with Crippen molar-refractivity contribution in [1.29, 1.82) is 0 Å². The SMILES string of the molecule is O=C(NCCc1ccc(Cl)cc1)c1ccc(NC(=O)[C@H]2CCCO2)cc1. The van der Waals surface area contributed by atoms with Gasteiger partial charge in [-0.1, -0.05) is 23.7 Å². The molecule has 1 aliphatic rings. The van der Waals surface area contributed by atoms with Crippen molar-refractivity contribution < 1.29 is 14.3 Å². The first-order valence-electron chi connectivity index (χ1n) is 8.67. The highest BCUT2D eigenvalue weighted by Crippen LogP contribution is 2.16. The van der Waals surface area contributed by atoms with Gasteiger partial charge in [0.15, 0.2) is 0 Å². The van der Waals surface area contributed by atoms with Crippen molar-refractivity contribution in [3.63, 3.8) is 0 Å². The molecule has 0 unspecified atom stereocenters. The number of hydrogen-bond acceptors (Lipinski definition) is 3. The second-order valence-corrected chi connectivity index (χ2v) is 6.64. The topological polar surface area (TPSA) is 67.4 Å². The van der Waals surface area contributed by atoms with E-state index in [-0.39, 0.29) is 17.9 Å².